The SMILES string of the molecule is CCC1=NN(c2ccc(F)cc2)C(=O)C1C/C(=C/c1ccc(F)cc1)C(=O)O. The van der Waals surface area contributed by atoms with E-state index >= 15 is 0 Å². The van der Waals surface area contributed by atoms with Crippen molar-refractivity contribution < 1.29 is 23.5 Å². The van der Waals surface area contributed by atoms with Crippen molar-refractivity contribution in [2.45, 2.75) is 19.8 Å². The first kappa shape index (κ1) is 19.4. The quantitative estimate of drug-likeness (QED) is 0.757. The molecule has 0 saturated heterocycles. The lowest BCUT2D eigenvalue weighted by molar-refractivity contribution is -0.132. The molecule has 7 heteroatoms. The Bertz CT molecular complexity index is 951. The summed E-state index contributed by atoms with van der Waals surface area (Å²) in [6.07, 6.45) is 1.84. The maximum absolute atomic E-state index is 13.1. The predicted molar refractivity (Wildman–Crippen MR) is 102 cm³/mol. The number of carboxylic acid groups (broad SMARTS) is 1. The van der Waals surface area contributed by atoms with Crippen molar-refractivity contribution in [3.8, 4) is 0 Å². The number of hydrazone groups is 1. The topological polar surface area (TPSA) is 70.0 Å². The molecule has 0 aliphatic carbocycles. The molecule has 1 aliphatic rings. The molecule has 0 saturated carbocycles. The van der Waals surface area contributed by atoms with E-state index in [0.29, 0.717) is 23.4 Å². The largest absolute Gasteiger partial charge is 0.478 e. The highest BCUT2D eigenvalue weighted by Crippen LogP contribution is 2.29. The summed E-state index contributed by atoms with van der Waals surface area (Å²) in [5.74, 6) is -3.10. The molecule has 1 unspecified atom stereocenters. The minimum absolute atomic E-state index is 0.0204. The number of hydrogen-bond donors (Lipinski definition) is 1. The van der Waals surface area contributed by atoms with Crippen LogP contribution in [0.1, 0.15) is 25.3 Å². The Labute approximate surface area is 160 Å². The maximum atomic E-state index is 13.1. The van der Waals surface area contributed by atoms with Crippen molar-refractivity contribution >= 4 is 29.4 Å². The summed E-state index contributed by atoms with van der Waals surface area (Å²) in [7, 11) is 0. The van der Waals surface area contributed by atoms with E-state index < -0.39 is 23.5 Å². The highest BCUT2D eigenvalue weighted by atomic mass is 19.1. The molecule has 1 heterocycles. The van der Waals surface area contributed by atoms with Gasteiger partial charge in [0.25, 0.3) is 5.91 Å². The van der Waals surface area contributed by atoms with E-state index in [1.807, 2.05) is 6.92 Å². The third kappa shape index (κ3) is 4.14. The standard InChI is InChI=1S/C21H18F2N2O3/c1-2-19-18(20(26)25(24-19)17-9-7-16(23)8-10-17)12-14(21(27)28)11-13-3-5-15(22)6-4-13/h3-11,18H,2,12H2,1H3,(H,27,28)/b14-11-. The fourth-order valence-corrected chi connectivity index (χ4v) is 3.02. The molecule has 1 aliphatic heterocycles. The molecular formula is C21H18F2N2O3. The van der Waals surface area contributed by atoms with Gasteiger partial charge in [-0.3, -0.25) is 4.79 Å². The van der Waals surface area contributed by atoms with Gasteiger partial charge in [-0.1, -0.05) is 19.1 Å². The van der Waals surface area contributed by atoms with Crippen LogP contribution in [0.5, 0.6) is 0 Å². The first-order chi connectivity index (χ1) is 13.4. The Balaban J connectivity index is 1.87. The van der Waals surface area contributed by atoms with Crippen LogP contribution in [-0.2, 0) is 9.59 Å². The number of nitrogens with zero attached hydrogens (tertiary/aromatic N) is 2. The zero-order valence-corrected chi connectivity index (χ0v) is 15.1. The van der Waals surface area contributed by atoms with E-state index in [1.54, 1.807) is 0 Å². The van der Waals surface area contributed by atoms with Crippen molar-refractivity contribution in [2.75, 3.05) is 5.01 Å². The van der Waals surface area contributed by atoms with Gasteiger partial charge in [-0.05, 0) is 60.9 Å². The second-order valence-corrected chi connectivity index (χ2v) is 6.35. The molecule has 28 heavy (non-hydrogen) atoms. The average molecular weight is 384 g/mol. The van der Waals surface area contributed by atoms with Crippen molar-refractivity contribution in [2.24, 2.45) is 11.0 Å². The fourth-order valence-electron chi connectivity index (χ4n) is 3.02. The molecule has 0 fully saturated rings. The van der Waals surface area contributed by atoms with Crippen molar-refractivity contribution in [1.29, 1.82) is 0 Å². The van der Waals surface area contributed by atoms with Crippen LogP contribution in [-0.4, -0.2) is 22.7 Å². The molecule has 0 bridgehead atoms. The summed E-state index contributed by atoms with van der Waals surface area (Å²) < 4.78 is 26.2. The van der Waals surface area contributed by atoms with Gasteiger partial charge in [-0.15, -0.1) is 0 Å². The number of benzene rings is 2. The van der Waals surface area contributed by atoms with Crippen molar-refractivity contribution in [1.82, 2.24) is 0 Å². The van der Waals surface area contributed by atoms with Gasteiger partial charge in [0, 0.05) is 5.57 Å². The molecule has 1 N–H and O–H groups in total. The number of halogens is 2. The van der Waals surface area contributed by atoms with Gasteiger partial charge >= 0.3 is 5.97 Å². The number of rotatable bonds is 6. The van der Waals surface area contributed by atoms with Crippen LogP contribution in [0.3, 0.4) is 0 Å². The summed E-state index contributed by atoms with van der Waals surface area (Å²) in [4.78, 5) is 24.6. The first-order valence-electron chi connectivity index (χ1n) is 8.75. The molecular weight excluding hydrogens is 366 g/mol. The molecule has 2 aromatic rings. The van der Waals surface area contributed by atoms with E-state index in [1.165, 1.54) is 59.6 Å². The lowest BCUT2D eigenvalue weighted by Crippen LogP contribution is -2.28. The Morgan fingerprint density at radius 3 is 2.21 bits per heavy atom. The van der Waals surface area contributed by atoms with Gasteiger partial charge in [-0.2, -0.15) is 5.10 Å². The lowest BCUT2D eigenvalue weighted by atomic mass is 9.92. The van der Waals surface area contributed by atoms with E-state index in [0.717, 1.165) is 0 Å². The van der Waals surface area contributed by atoms with Gasteiger partial charge < -0.3 is 5.11 Å². The van der Waals surface area contributed by atoms with E-state index in [9.17, 15) is 23.5 Å². The van der Waals surface area contributed by atoms with Crippen LogP contribution in [0.2, 0.25) is 0 Å². The van der Waals surface area contributed by atoms with E-state index in [-0.39, 0.29) is 17.9 Å². The van der Waals surface area contributed by atoms with Crippen LogP contribution in [0, 0.1) is 17.6 Å². The molecule has 1 amide bonds. The fraction of sp³-hybridized carbons (Fsp3) is 0.190. The van der Waals surface area contributed by atoms with Crippen LogP contribution in [0.15, 0.2) is 59.2 Å². The average Bonchev–Trinajstić information content (AvgIpc) is 2.99. The first-order valence-corrected chi connectivity index (χ1v) is 8.75. The normalized spacial score (nSPS) is 17.0. The van der Waals surface area contributed by atoms with Crippen LogP contribution in [0.25, 0.3) is 6.08 Å². The van der Waals surface area contributed by atoms with E-state index in [2.05, 4.69) is 5.10 Å². The number of amides is 1. The number of carbonyl (C=O) groups is 2. The number of anilines is 1. The van der Waals surface area contributed by atoms with Crippen LogP contribution >= 0.6 is 0 Å². The number of carbonyl (C=O) groups excluding carboxylic acids is 1. The number of carboxylic acids is 1. The molecule has 3 rings (SSSR count). The van der Waals surface area contributed by atoms with Crippen molar-refractivity contribution in [3.63, 3.8) is 0 Å². The number of aliphatic carboxylic acids is 1. The third-order valence-electron chi connectivity index (χ3n) is 4.48. The van der Waals surface area contributed by atoms with Crippen molar-refractivity contribution in [3.05, 3.63) is 71.3 Å². The molecule has 144 valence electrons. The Hall–Kier alpha value is -3.35. The molecule has 2 aromatic carbocycles. The summed E-state index contributed by atoms with van der Waals surface area (Å²) in [5, 5.41) is 15.0. The Morgan fingerprint density at radius 1 is 1.11 bits per heavy atom. The molecule has 0 spiro atoms. The van der Waals surface area contributed by atoms with Gasteiger partial charge in [0.2, 0.25) is 0 Å². The van der Waals surface area contributed by atoms with Crippen LogP contribution < -0.4 is 5.01 Å². The maximum Gasteiger partial charge on any atom is 0.331 e. The summed E-state index contributed by atoms with van der Waals surface area (Å²) in [6.45, 7) is 1.83. The van der Waals surface area contributed by atoms with Crippen LogP contribution in [0.4, 0.5) is 14.5 Å². The minimum Gasteiger partial charge on any atom is -0.478 e. The van der Waals surface area contributed by atoms with Gasteiger partial charge in [0.1, 0.15) is 11.6 Å². The molecule has 1 atom stereocenters. The van der Waals surface area contributed by atoms with Gasteiger partial charge in [0.05, 0.1) is 17.3 Å². The summed E-state index contributed by atoms with van der Waals surface area (Å²) in [5.41, 5.74) is 1.52. The van der Waals surface area contributed by atoms with Gasteiger partial charge in [-0.25, -0.2) is 18.6 Å². The second-order valence-electron chi connectivity index (χ2n) is 6.35. The summed E-state index contributed by atoms with van der Waals surface area (Å²) >= 11 is 0. The lowest BCUT2D eigenvalue weighted by Gasteiger charge is -2.15. The zero-order chi connectivity index (χ0) is 20.3. The Morgan fingerprint density at radius 2 is 1.68 bits per heavy atom. The van der Waals surface area contributed by atoms with Gasteiger partial charge in [0.15, 0.2) is 0 Å². The second kappa shape index (κ2) is 8.12. The molecule has 5 nitrogen and oxygen atoms in total. The third-order valence-corrected chi connectivity index (χ3v) is 4.48. The zero-order valence-electron chi connectivity index (χ0n) is 15.1. The smallest absolute Gasteiger partial charge is 0.331 e. The highest BCUT2D eigenvalue weighted by Gasteiger charge is 2.37. The van der Waals surface area contributed by atoms with E-state index in [4.69, 9.17) is 0 Å². The Kier molecular flexibility index (Phi) is 5.63. The monoisotopic (exact) mass is 384 g/mol. The minimum atomic E-state index is -1.16. The highest BCUT2D eigenvalue weighted by molar-refractivity contribution is 6.16. The summed E-state index contributed by atoms with van der Waals surface area (Å²) in [6, 6.07) is 10.8. The molecule has 0 radical (unpaired) electrons. The number of hydrogen-bond acceptors (Lipinski definition) is 3. The molecule has 0 aromatic heterocycles. The predicted octanol–water partition coefficient (Wildman–Crippen LogP) is 4.25.